The minimum absolute atomic E-state index is 0.0147. The van der Waals surface area contributed by atoms with Gasteiger partial charge in [0.25, 0.3) is 0 Å². The molecule has 1 unspecified atom stereocenters. The van der Waals surface area contributed by atoms with Crippen molar-refractivity contribution in [3.63, 3.8) is 0 Å². The summed E-state index contributed by atoms with van der Waals surface area (Å²) >= 11 is 0. The number of Topliss-reactive ketones (excluding diaryl/α,β-unsaturated/α-hetero) is 1. The van der Waals surface area contributed by atoms with E-state index >= 15 is 0 Å². The third kappa shape index (κ3) is 8.58. The van der Waals surface area contributed by atoms with E-state index in [1.807, 2.05) is 13.8 Å². The first-order chi connectivity index (χ1) is 10.1. The zero-order valence-corrected chi connectivity index (χ0v) is 13.7. The van der Waals surface area contributed by atoms with Gasteiger partial charge in [0.15, 0.2) is 5.78 Å². The number of aliphatic hydroxyl groups is 1. The Balaban J connectivity index is 4.54. The molecule has 8 heteroatoms. The third-order valence-corrected chi connectivity index (χ3v) is 3.05. The number of nitrogens with two attached hydrogens (primary N) is 1. The molecule has 0 aromatic carbocycles. The quantitative estimate of drug-likeness (QED) is 0.338. The Bertz CT molecular complexity index is 385. The fourth-order valence-electron chi connectivity index (χ4n) is 1.95. The maximum atomic E-state index is 12.2. The molecule has 0 saturated heterocycles. The van der Waals surface area contributed by atoms with E-state index in [2.05, 4.69) is 16.0 Å². The van der Waals surface area contributed by atoms with Crippen molar-refractivity contribution in [3.8, 4) is 0 Å². The summed E-state index contributed by atoms with van der Waals surface area (Å²) in [4.78, 5) is 34.4. The third-order valence-electron chi connectivity index (χ3n) is 3.05. The number of urea groups is 1. The molecule has 22 heavy (non-hydrogen) atoms. The van der Waals surface area contributed by atoms with E-state index in [4.69, 9.17) is 5.73 Å². The highest BCUT2D eigenvalue weighted by molar-refractivity contribution is 5.89. The van der Waals surface area contributed by atoms with E-state index in [1.165, 1.54) is 13.8 Å². The molecule has 0 aromatic heterocycles. The smallest absolute Gasteiger partial charge is 0.312 e. The summed E-state index contributed by atoms with van der Waals surface area (Å²) in [6, 6.07) is -2.05. The van der Waals surface area contributed by atoms with Gasteiger partial charge in [-0.1, -0.05) is 13.8 Å². The Kier molecular flexibility index (Phi) is 9.35. The lowest BCUT2D eigenvalue weighted by Crippen LogP contribution is -2.55. The SMILES string of the molecule is CC(=O)[C@H](CCCNC(N)=O)NC(=O)[C@@H](NC(C)C)C(C)O. The van der Waals surface area contributed by atoms with Crippen molar-refractivity contribution in [1.29, 1.82) is 0 Å². The Morgan fingerprint density at radius 1 is 1.18 bits per heavy atom. The second-order valence-corrected chi connectivity index (χ2v) is 5.64. The van der Waals surface area contributed by atoms with Gasteiger partial charge in [-0.15, -0.1) is 0 Å². The van der Waals surface area contributed by atoms with Crippen LogP contribution < -0.4 is 21.7 Å². The molecule has 0 aromatic rings. The molecule has 8 nitrogen and oxygen atoms in total. The molecular weight excluding hydrogens is 288 g/mol. The van der Waals surface area contributed by atoms with Gasteiger partial charge in [-0.2, -0.15) is 0 Å². The van der Waals surface area contributed by atoms with E-state index < -0.39 is 30.1 Å². The van der Waals surface area contributed by atoms with Crippen molar-refractivity contribution in [2.24, 2.45) is 5.73 Å². The van der Waals surface area contributed by atoms with Crippen molar-refractivity contribution >= 4 is 17.7 Å². The maximum absolute atomic E-state index is 12.2. The van der Waals surface area contributed by atoms with Gasteiger partial charge in [0.05, 0.1) is 12.1 Å². The van der Waals surface area contributed by atoms with Crippen molar-refractivity contribution in [2.45, 2.75) is 64.8 Å². The first-order valence-corrected chi connectivity index (χ1v) is 7.43. The van der Waals surface area contributed by atoms with Crippen molar-refractivity contribution in [2.75, 3.05) is 6.54 Å². The summed E-state index contributed by atoms with van der Waals surface area (Å²) in [7, 11) is 0. The molecule has 0 radical (unpaired) electrons. The lowest BCUT2D eigenvalue weighted by atomic mass is 10.1. The van der Waals surface area contributed by atoms with Crippen LogP contribution in [-0.2, 0) is 9.59 Å². The molecule has 0 rings (SSSR count). The number of amides is 3. The van der Waals surface area contributed by atoms with Gasteiger partial charge in [-0.3, -0.25) is 9.59 Å². The monoisotopic (exact) mass is 316 g/mol. The van der Waals surface area contributed by atoms with Crippen LogP contribution in [0.3, 0.4) is 0 Å². The maximum Gasteiger partial charge on any atom is 0.312 e. The summed E-state index contributed by atoms with van der Waals surface area (Å²) in [6.45, 7) is 6.96. The van der Waals surface area contributed by atoms with Crippen LogP contribution in [0.5, 0.6) is 0 Å². The minimum atomic E-state index is -0.883. The molecule has 0 fully saturated rings. The molecule has 6 N–H and O–H groups in total. The number of ketones is 1. The van der Waals surface area contributed by atoms with Gasteiger partial charge in [0.1, 0.15) is 6.04 Å². The normalized spacial score (nSPS) is 15.0. The standard InChI is InChI=1S/C14H28N4O4/c1-8(2)17-12(10(4)20)13(21)18-11(9(3)19)6-5-7-16-14(15)22/h8,10-12,17,20H,5-7H2,1-4H3,(H,18,21)(H3,15,16,22)/t10?,11-,12-/m0/s1. The van der Waals surface area contributed by atoms with Crippen LogP contribution in [0.1, 0.15) is 40.5 Å². The highest BCUT2D eigenvalue weighted by Crippen LogP contribution is 2.02. The first kappa shape index (κ1) is 20.3. The molecule has 128 valence electrons. The molecule has 0 aliphatic heterocycles. The molecular formula is C14H28N4O4. The number of primary amides is 1. The van der Waals surface area contributed by atoms with Crippen LogP contribution in [0.2, 0.25) is 0 Å². The van der Waals surface area contributed by atoms with E-state index in [1.54, 1.807) is 0 Å². The van der Waals surface area contributed by atoms with Gasteiger partial charge in [-0.05, 0) is 26.7 Å². The highest BCUT2D eigenvalue weighted by atomic mass is 16.3. The Labute approximate surface area is 131 Å². The van der Waals surface area contributed by atoms with Crippen LogP contribution in [0, 0.1) is 0 Å². The molecule has 0 bridgehead atoms. The number of hydrogen-bond acceptors (Lipinski definition) is 5. The molecule has 0 aliphatic carbocycles. The molecule has 3 amide bonds. The van der Waals surface area contributed by atoms with Crippen LogP contribution >= 0.6 is 0 Å². The molecule has 0 saturated carbocycles. The number of carbonyl (C=O) groups excluding carboxylic acids is 3. The number of carbonyl (C=O) groups is 3. The largest absolute Gasteiger partial charge is 0.391 e. The van der Waals surface area contributed by atoms with Crippen LogP contribution in [0.15, 0.2) is 0 Å². The van der Waals surface area contributed by atoms with E-state index in [0.29, 0.717) is 19.4 Å². The first-order valence-electron chi connectivity index (χ1n) is 7.43. The fraction of sp³-hybridized carbons (Fsp3) is 0.786. The number of nitrogens with one attached hydrogen (secondary N) is 3. The Morgan fingerprint density at radius 3 is 2.18 bits per heavy atom. The zero-order valence-electron chi connectivity index (χ0n) is 13.7. The summed E-state index contributed by atoms with van der Waals surface area (Å²) < 4.78 is 0. The number of aliphatic hydroxyl groups excluding tert-OH is 1. The molecule has 0 aliphatic rings. The zero-order chi connectivity index (χ0) is 17.3. The van der Waals surface area contributed by atoms with Crippen molar-refractivity contribution in [1.82, 2.24) is 16.0 Å². The van der Waals surface area contributed by atoms with Crippen LogP contribution in [-0.4, -0.2) is 53.6 Å². The topological polar surface area (TPSA) is 134 Å². The Hall–Kier alpha value is -1.67. The fourth-order valence-corrected chi connectivity index (χ4v) is 1.95. The predicted molar refractivity (Wildman–Crippen MR) is 83.2 cm³/mol. The average molecular weight is 316 g/mol. The summed E-state index contributed by atoms with van der Waals surface area (Å²) in [5.41, 5.74) is 4.95. The van der Waals surface area contributed by atoms with Gasteiger partial charge >= 0.3 is 6.03 Å². The minimum Gasteiger partial charge on any atom is -0.391 e. The highest BCUT2D eigenvalue weighted by Gasteiger charge is 2.27. The summed E-state index contributed by atoms with van der Waals surface area (Å²) in [5.74, 6) is -0.604. The van der Waals surface area contributed by atoms with Gasteiger partial charge in [0, 0.05) is 12.6 Å². The van der Waals surface area contributed by atoms with Crippen LogP contribution in [0.4, 0.5) is 4.79 Å². The number of rotatable bonds is 10. The second-order valence-electron chi connectivity index (χ2n) is 5.64. The molecule has 0 heterocycles. The lowest BCUT2D eigenvalue weighted by Gasteiger charge is -2.25. The lowest BCUT2D eigenvalue weighted by molar-refractivity contribution is -0.130. The van der Waals surface area contributed by atoms with Crippen molar-refractivity contribution in [3.05, 3.63) is 0 Å². The van der Waals surface area contributed by atoms with E-state index in [9.17, 15) is 19.5 Å². The Morgan fingerprint density at radius 2 is 1.77 bits per heavy atom. The number of hydrogen-bond donors (Lipinski definition) is 5. The van der Waals surface area contributed by atoms with Gasteiger partial charge in [0.2, 0.25) is 5.91 Å². The molecule has 0 spiro atoms. The van der Waals surface area contributed by atoms with Crippen LogP contribution in [0.25, 0.3) is 0 Å². The van der Waals surface area contributed by atoms with Gasteiger partial charge in [-0.25, -0.2) is 4.79 Å². The predicted octanol–water partition coefficient (Wildman–Crippen LogP) is -0.744. The van der Waals surface area contributed by atoms with Crippen molar-refractivity contribution < 1.29 is 19.5 Å². The van der Waals surface area contributed by atoms with Gasteiger partial charge < -0.3 is 26.8 Å². The second kappa shape index (κ2) is 10.1. The summed E-state index contributed by atoms with van der Waals surface area (Å²) in [5, 5.41) is 17.7. The van der Waals surface area contributed by atoms with E-state index in [-0.39, 0.29) is 11.8 Å². The molecule has 3 atom stereocenters. The summed E-state index contributed by atoms with van der Waals surface area (Å²) in [6.07, 6.45) is 0.00603. The average Bonchev–Trinajstić information content (AvgIpc) is 2.38. The van der Waals surface area contributed by atoms with E-state index in [0.717, 1.165) is 0 Å².